The predicted molar refractivity (Wildman–Crippen MR) is 136 cm³/mol. The molecule has 1 N–H and O–H groups in total. The number of aryl methyl sites for hydroxylation is 2. The SMILES string of the molecule is Cc1ccc(C)c(N2CCN(c3ccnc(SCC(=O)NCc4ccc(Cl)cc4)n3)CC2)c1. The molecule has 1 saturated heterocycles. The van der Waals surface area contributed by atoms with Crippen molar-refractivity contribution >= 4 is 40.8 Å². The summed E-state index contributed by atoms with van der Waals surface area (Å²) in [7, 11) is 0. The lowest BCUT2D eigenvalue weighted by molar-refractivity contribution is -0.118. The first-order valence-electron chi connectivity index (χ1n) is 11.0. The van der Waals surface area contributed by atoms with E-state index >= 15 is 0 Å². The highest BCUT2D eigenvalue weighted by Crippen LogP contribution is 2.25. The first-order chi connectivity index (χ1) is 16.0. The number of hydrogen-bond acceptors (Lipinski definition) is 6. The lowest BCUT2D eigenvalue weighted by Crippen LogP contribution is -2.47. The second-order valence-corrected chi connectivity index (χ2v) is 9.53. The maximum atomic E-state index is 12.2. The topological polar surface area (TPSA) is 61.4 Å². The first kappa shape index (κ1) is 23.4. The van der Waals surface area contributed by atoms with Gasteiger partial charge >= 0.3 is 0 Å². The van der Waals surface area contributed by atoms with Crippen LogP contribution in [0.25, 0.3) is 0 Å². The highest BCUT2D eigenvalue weighted by molar-refractivity contribution is 7.99. The molecule has 0 bridgehead atoms. The van der Waals surface area contributed by atoms with Crippen molar-refractivity contribution in [2.24, 2.45) is 0 Å². The molecule has 0 radical (unpaired) electrons. The molecule has 3 aromatic rings. The van der Waals surface area contributed by atoms with E-state index in [9.17, 15) is 4.79 Å². The Morgan fingerprint density at radius 3 is 2.52 bits per heavy atom. The monoisotopic (exact) mass is 481 g/mol. The maximum absolute atomic E-state index is 12.2. The number of thioether (sulfide) groups is 1. The van der Waals surface area contributed by atoms with E-state index in [0.29, 0.717) is 16.7 Å². The number of carbonyl (C=O) groups is 1. The number of hydrogen-bond donors (Lipinski definition) is 1. The molecule has 1 fully saturated rings. The second kappa shape index (κ2) is 10.9. The Kier molecular flexibility index (Phi) is 7.73. The van der Waals surface area contributed by atoms with E-state index in [1.165, 1.54) is 28.6 Å². The number of anilines is 2. The summed E-state index contributed by atoms with van der Waals surface area (Å²) in [5, 5.41) is 4.22. The van der Waals surface area contributed by atoms with E-state index in [-0.39, 0.29) is 11.7 Å². The minimum Gasteiger partial charge on any atom is -0.368 e. The fraction of sp³-hybridized carbons (Fsp3) is 0.320. The number of aromatic nitrogens is 2. The molecule has 1 aromatic heterocycles. The quantitative estimate of drug-likeness (QED) is 0.396. The molecule has 0 unspecified atom stereocenters. The summed E-state index contributed by atoms with van der Waals surface area (Å²) in [5.74, 6) is 1.14. The minimum atomic E-state index is -0.0499. The molecule has 8 heteroatoms. The van der Waals surface area contributed by atoms with Crippen LogP contribution in [0.1, 0.15) is 16.7 Å². The first-order valence-corrected chi connectivity index (χ1v) is 12.4. The average molecular weight is 482 g/mol. The van der Waals surface area contributed by atoms with Gasteiger partial charge in [-0.2, -0.15) is 0 Å². The van der Waals surface area contributed by atoms with E-state index in [2.05, 4.69) is 52.1 Å². The normalized spacial score (nSPS) is 13.8. The number of halogens is 1. The van der Waals surface area contributed by atoms with Crippen LogP contribution in [0, 0.1) is 13.8 Å². The molecule has 0 saturated carbocycles. The summed E-state index contributed by atoms with van der Waals surface area (Å²) in [5.41, 5.74) is 4.92. The Balaban J connectivity index is 1.28. The van der Waals surface area contributed by atoms with Gasteiger partial charge in [-0.1, -0.05) is 47.6 Å². The molecule has 1 aliphatic heterocycles. The average Bonchev–Trinajstić information content (AvgIpc) is 2.84. The van der Waals surface area contributed by atoms with Crippen LogP contribution in [0.15, 0.2) is 59.9 Å². The minimum absolute atomic E-state index is 0.0499. The lowest BCUT2D eigenvalue weighted by Gasteiger charge is -2.37. The summed E-state index contributed by atoms with van der Waals surface area (Å²) < 4.78 is 0. The van der Waals surface area contributed by atoms with Crippen molar-refractivity contribution in [1.82, 2.24) is 15.3 Å². The molecule has 1 amide bonds. The number of amides is 1. The van der Waals surface area contributed by atoms with Gasteiger partial charge in [-0.15, -0.1) is 0 Å². The van der Waals surface area contributed by atoms with Gasteiger partial charge in [0.1, 0.15) is 5.82 Å². The van der Waals surface area contributed by atoms with E-state index < -0.39 is 0 Å². The van der Waals surface area contributed by atoms with E-state index in [4.69, 9.17) is 16.6 Å². The zero-order chi connectivity index (χ0) is 23.2. The Hall–Kier alpha value is -2.77. The summed E-state index contributed by atoms with van der Waals surface area (Å²) in [6.07, 6.45) is 1.77. The van der Waals surface area contributed by atoms with E-state index in [1.54, 1.807) is 6.20 Å². The third-order valence-corrected chi connectivity index (χ3v) is 6.78. The number of nitrogens with one attached hydrogen (secondary N) is 1. The standard InChI is InChI=1S/C25H28ClN5OS/c1-18-3-4-19(2)22(15-18)30-11-13-31(14-12-30)23-9-10-27-25(29-23)33-17-24(32)28-16-20-5-7-21(26)8-6-20/h3-10,15H,11-14,16-17H2,1-2H3,(H,28,32). The predicted octanol–water partition coefficient (Wildman–Crippen LogP) is 4.48. The van der Waals surface area contributed by atoms with Gasteiger partial charge in [-0.05, 0) is 54.8 Å². The van der Waals surface area contributed by atoms with Gasteiger partial charge in [0.25, 0.3) is 0 Å². The molecule has 0 aliphatic carbocycles. The van der Waals surface area contributed by atoms with Gasteiger partial charge in [0.15, 0.2) is 5.16 Å². The molecule has 0 spiro atoms. The fourth-order valence-electron chi connectivity index (χ4n) is 3.80. The van der Waals surface area contributed by atoms with Crippen LogP contribution in [0.3, 0.4) is 0 Å². The van der Waals surface area contributed by atoms with Crippen LogP contribution in [-0.4, -0.2) is 47.8 Å². The number of nitrogens with zero attached hydrogens (tertiary/aromatic N) is 4. The highest BCUT2D eigenvalue weighted by Gasteiger charge is 2.20. The molecule has 0 atom stereocenters. The second-order valence-electron chi connectivity index (χ2n) is 8.15. The van der Waals surface area contributed by atoms with Gasteiger partial charge in [0, 0.05) is 49.6 Å². The molecule has 1 aliphatic rings. The fourth-order valence-corrected chi connectivity index (χ4v) is 4.58. The molecule has 2 aromatic carbocycles. The molecule has 172 valence electrons. The van der Waals surface area contributed by atoms with E-state index in [0.717, 1.165) is 37.6 Å². The van der Waals surface area contributed by atoms with Gasteiger partial charge in [0.05, 0.1) is 5.75 Å². The van der Waals surface area contributed by atoms with Gasteiger partial charge in [0.2, 0.25) is 5.91 Å². The number of carbonyl (C=O) groups excluding carboxylic acids is 1. The highest BCUT2D eigenvalue weighted by atomic mass is 35.5. The summed E-state index contributed by atoms with van der Waals surface area (Å²) in [6, 6.07) is 16.0. The largest absolute Gasteiger partial charge is 0.368 e. The van der Waals surface area contributed by atoms with Crippen LogP contribution in [0.5, 0.6) is 0 Å². The summed E-state index contributed by atoms with van der Waals surface area (Å²) >= 11 is 7.25. The number of piperazine rings is 1. The zero-order valence-corrected chi connectivity index (χ0v) is 20.5. The third-order valence-electron chi connectivity index (χ3n) is 5.66. The Morgan fingerprint density at radius 1 is 1.03 bits per heavy atom. The van der Waals surface area contributed by atoms with Crippen LogP contribution in [-0.2, 0) is 11.3 Å². The van der Waals surface area contributed by atoms with Crippen molar-refractivity contribution in [3.63, 3.8) is 0 Å². The van der Waals surface area contributed by atoms with Crippen molar-refractivity contribution in [3.8, 4) is 0 Å². The smallest absolute Gasteiger partial charge is 0.230 e. The third kappa shape index (κ3) is 6.39. The van der Waals surface area contributed by atoms with Crippen LogP contribution in [0.4, 0.5) is 11.5 Å². The molecular weight excluding hydrogens is 454 g/mol. The lowest BCUT2D eigenvalue weighted by atomic mass is 10.1. The van der Waals surface area contributed by atoms with Gasteiger partial charge in [-0.25, -0.2) is 9.97 Å². The molecular formula is C25H28ClN5OS. The van der Waals surface area contributed by atoms with Gasteiger partial charge < -0.3 is 15.1 Å². The Bertz CT molecular complexity index is 1100. The molecule has 33 heavy (non-hydrogen) atoms. The Labute approximate surface area is 204 Å². The van der Waals surface area contributed by atoms with Crippen LogP contribution < -0.4 is 15.1 Å². The van der Waals surface area contributed by atoms with Crippen molar-refractivity contribution in [2.45, 2.75) is 25.5 Å². The van der Waals surface area contributed by atoms with Crippen LogP contribution >= 0.6 is 23.4 Å². The van der Waals surface area contributed by atoms with Crippen molar-refractivity contribution in [3.05, 3.63) is 76.4 Å². The van der Waals surface area contributed by atoms with Gasteiger partial charge in [-0.3, -0.25) is 4.79 Å². The maximum Gasteiger partial charge on any atom is 0.230 e. The van der Waals surface area contributed by atoms with Crippen molar-refractivity contribution in [2.75, 3.05) is 41.7 Å². The molecule has 4 rings (SSSR count). The van der Waals surface area contributed by atoms with Crippen LogP contribution in [0.2, 0.25) is 5.02 Å². The summed E-state index contributed by atoms with van der Waals surface area (Å²) in [6.45, 7) is 8.47. The number of rotatable bonds is 7. The van der Waals surface area contributed by atoms with E-state index in [1.807, 2.05) is 30.3 Å². The summed E-state index contributed by atoms with van der Waals surface area (Å²) in [4.78, 5) is 26.0. The van der Waals surface area contributed by atoms with Crippen molar-refractivity contribution < 1.29 is 4.79 Å². The Morgan fingerprint density at radius 2 is 1.76 bits per heavy atom. The number of benzene rings is 2. The zero-order valence-electron chi connectivity index (χ0n) is 18.9. The van der Waals surface area contributed by atoms with Crippen molar-refractivity contribution in [1.29, 1.82) is 0 Å². The molecule has 2 heterocycles. The molecule has 6 nitrogen and oxygen atoms in total.